The van der Waals surface area contributed by atoms with Crippen molar-refractivity contribution in [2.75, 3.05) is 13.7 Å². The molecule has 1 aliphatic rings. The van der Waals surface area contributed by atoms with Crippen LogP contribution in [-0.4, -0.2) is 38.1 Å². The molecule has 2 rings (SSSR count). The van der Waals surface area contributed by atoms with Crippen LogP contribution in [0.1, 0.15) is 16.8 Å². The third-order valence-corrected chi connectivity index (χ3v) is 2.92. The van der Waals surface area contributed by atoms with E-state index in [0.717, 1.165) is 0 Å². The Balaban J connectivity index is 1.83. The van der Waals surface area contributed by atoms with Crippen LogP contribution in [0, 0.1) is 0 Å². The highest BCUT2D eigenvalue weighted by Gasteiger charge is 2.33. The molecule has 0 radical (unpaired) electrons. The SMILES string of the molecule is CO[C@H]1C[C@H](N)[C@@H](COC(=O)c2ccccc2)O1. The van der Waals surface area contributed by atoms with Crippen molar-refractivity contribution in [1.29, 1.82) is 0 Å². The normalized spacial score (nSPS) is 27.1. The van der Waals surface area contributed by atoms with Crippen LogP contribution in [0.3, 0.4) is 0 Å². The summed E-state index contributed by atoms with van der Waals surface area (Å²) in [5.41, 5.74) is 6.39. The summed E-state index contributed by atoms with van der Waals surface area (Å²) in [7, 11) is 1.57. The summed E-state index contributed by atoms with van der Waals surface area (Å²) in [6.07, 6.45) is 0.00684. The van der Waals surface area contributed by atoms with Gasteiger partial charge in [0.05, 0.1) is 5.56 Å². The van der Waals surface area contributed by atoms with Gasteiger partial charge in [-0.15, -0.1) is 0 Å². The Morgan fingerprint density at radius 2 is 2.17 bits per heavy atom. The zero-order valence-corrected chi connectivity index (χ0v) is 10.2. The molecule has 0 spiro atoms. The van der Waals surface area contributed by atoms with Crippen LogP contribution in [0.15, 0.2) is 30.3 Å². The lowest BCUT2D eigenvalue weighted by Gasteiger charge is -2.15. The summed E-state index contributed by atoms with van der Waals surface area (Å²) < 4.78 is 15.7. The number of nitrogens with two attached hydrogens (primary N) is 1. The maximum absolute atomic E-state index is 11.7. The van der Waals surface area contributed by atoms with Gasteiger partial charge in [-0.1, -0.05) is 18.2 Å². The Morgan fingerprint density at radius 1 is 1.44 bits per heavy atom. The van der Waals surface area contributed by atoms with Gasteiger partial charge in [-0.05, 0) is 12.1 Å². The predicted octanol–water partition coefficient (Wildman–Crippen LogP) is 0.932. The third kappa shape index (κ3) is 3.07. The van der Waals surface area contributed by atoms with Crippen molar-refractivity contribution in [2.45, 2.75) is 24.9 Å². The average molecular weight is 251 g/mol. The second-order valence-corrected chi connectivity index (χ2v) is 4.20. The molecule has 0 saturated carbocycles. The van der Waals surface area contributed by atoms with Crippen LogP contribution in [0.25, 0.3) is 0 Å². The van der Waals surface area contributed by atoms with Crippen molar-refractivity contribution in [3.63, 3.8) is 0 Å². The predicted molar refractivity (Wildman–Crippen MR) is 65.0 cm³/mol. The van der Waals surface area contributed by atoms with Crippen molar-refractivity contribution in [3.05, 3.63) is 35.9 Å². The molecule has 0 bridgehead atoms. The fraction of sp³-hybridized carbons (Fsp3) is 0.462. The van der Waals surface area contributed by atoms with Gasteiger partial charge in [0.25, 0.3) is 0 Å². The fourth-order valence-corrected chi connectivity index (χ4v) is 1.86. The van der Waals surface area contributed by atoms with Crippen LogP contribution < -0.4 is 5.73 Å². The zero-order valence-electron chi connectivity index (χ0n) is 10.2. The van der Waals surface area contributed by atoms with Crippen LogP contribution in [0.2, 0.25) is 0 Å². The summed E-state index contributed by atoms with van der Waals surface area (Å²) in [5.74, 6) is -0.368. The van der Waals surface area contributed by atoms with Gasteiger partial charge in [0, 0.05) is 19.6 Å². The number of ether oxygens (including phenoxy) is 3. The summed E-state index contributed by atoms with van der Waals surface area (Å²) in [6.45, 7) is 0.148. The maximum atomic E-state index is 11.7. The number of carbonyl (C=O) groups excluding carboxylic acids is 1. The molecule has 1 aromatic rings. The number of methoxy groups -OCH3 is 1. The number of carbonyl (C=O) groups is 1. The minimum Gasteiger partial charge on any atom is -0.459 e. The summed E-state index contributed by atoms with van der Waals surface area (Å²) in [5, 5.41) is 0. The van der Waals surface area contributed by atoms with E-state index in [1.807, 2.05) is 6.07 Å². The zero-order chi connectivity index (χ0) is 13.0. The van der Waals surface area contributed by atoms with Crippen molar-refractivity contribution in [2.24, 2.45) is 5.73 Å². The van der Waals surface area contributed by atoms with Crippen LogP contribution in [-0.2, 0) is 14.2 Å². The van der Waals surface area contributed by atoms with Gasteiger partial charge in [-0.3, -0.25) is 0 Å². The lowest BCUT2D eigenvalue weighted by atomic mass is 10.1. The second kappa shape index (κ2) is 5.95. The Morgan fingerprint density at radius 3 is 2.78 bits per heavy atom. The van der Waals surface area contributed by atoms with Crippen molar-refractivity contribution >= 4 is 5.97 Å². The molecule has 0 unspecified atom stereocenters. The van der Waals surface area contributed by atoms with E-state index >= 15 is 0 Å². The molecule has 1 aliphatic heterocycles. The van der Waals surface area contributed by atoms with Gasteiger partial charge in [0.15, 0.2) is 6.29 Å². The number of esters is 1. The number of hydrogen-bond acceptors (Lipinski definition) is 5. The third-order valence-electron chi connectivity index (χ3n) is 2.92. The molecule has 0 aliphatic carbocycles. The first-order chi connectivity index (χ1) is 8.70. The summed E-state index contributed by atoms with van der Waals surface area (Å²) in [6, 6.07) is 8.66. The molecule has 2 N–H and O–H groups in total. The smallest absolute Gasteiger partial charge is 0.338 e. The minimum absolute atomic E-state index is 0.148. The van der Waals surface area contributed by atoms with Crippen LogP contribution >= 0.6 is 0 Å². The van der Waals surface area contributed by atoms with Crippen molar-refractivity contribution < 1.29 is 19.0 Å². The van der Waals surface area contributed by atoms with E-state index < -0.39 is 0 Å². The first-order valence-corrected chi connectivity index (χ1v) is 5.86. The van der Waals surface area contributed by atoms with E-state index in [-0.39, 0.29) is 31.0 Å². The van der Waals surface area contributed by atoms with E-state index in [2.05, 4.69) is 0 Å². The monoisotopic (exact) mass is 251 g/mol. The van der Waals surface area contributed by atoms with Crippen LogP contribution in [0.4, 0.5) is 0 Å². The highest BCUT2D eigenvalue weighted by Crippen LogP contribution is 2.19. The van der Waals surface area contributed by atoms with Gasteiger partial charge < -0.3 is 19.9 Å². The minimum atomic E-state index is -0.368. The largest absolute Gasteiger partial charge is 0.459 e. The molecule has 1 aromatic carbocycles. The van der Waals surface area contributed by atoms with Gasteiger partial charge in [0.1, 0.15) is 12.7 Å². The first-order valence-electron chi connectivity index (χ1n) is 5.86. The quantitative estimate of drug-likeness (QED) is 0.806. The van der Waals surface area contributed by atoms with E-state index in [4.69, 9.17) is 19.9 Å². The molecule has 0 aromatic heterocycles. The molecule has 1 heterocycles. The molecule has 98 valence electrons. The molecule has 5 heteroatoms. The first kappa shape index (κ1) is 13.0. The fourth-order valence-electron chi connectivity index (χ4n) is 1.86. The molecular weight excluding hydrogens is 234 g/mol. The molecule has 3 atom stereocenters. The summed E-state index contributed by atoms with van der Waals surface area (Å²) >= 11 is 0. The van der Waals surface area contributed by atoms with Gasteiger partial charge in [0.2, 0.25) is 0 Å². The topological polar surface area (TPSA) is 70.8 Å². The Kier molecular flexibility index (Phi) is 4.30. The van der Waals surface area contributed by atoms with Crippen molar-refractivity contribution in [1.82, 2.24) is 0 Å². The molecule has 0 amide bonds. The van der Waals surface area contributed by atoms with E-state index in [1.54, 1.807) is 31.4 Å². The molecule has 5 nitrogen and oxygen atoms in total. The average Bonchev–Trinajstić information content (AvgIpc) is 2.77. The highest BCUT2D eigenvalue weighted by atomic mass is 16.7. The number of hydrogen-bond donors (Lipinski definition) is 1. The molecule has 1 saturated heterocycles. The summed E-state index contributed by atoms with van der Waals surface area (Å²) in [4.78, 5) is 11.7. The van der Waals surface area contributed by atoms with Crippen LogP contribution in [0.5, 0.6) is 0 Å². The van der Waals surface area contributed by atoms with E-state index in [0.29, 0.717) is 12.0 Å². The number of benzene rings is 1. The lowest BCUT2D eigenvalue weighted by Crippen LogP contribution is -2.34. The Bertz CT molecular complexity index is 395. The van der Waals surface area contributed by atoms with E-state index in [9.17, 15) is 4.79 Å². The van der Waals surface area contributed by atoms with Crippen molar-refractivity contribution in [3.8, 4) is 0 Å². The van der Waals surface area contributed by atoms with Gasteiger partial charge in [-0.2, -0.15) is 0 Å². The second-order valence-electron chi connectivity index (χ2n) is 4.20. The molecular formula is C13H17NO4. The maximum Gasteiger partial charge on any atom is 0.338 e. The number of rotatable bonds is 4. The standard InChI is InChI=1S/C13H17NO4/c1-16-12-7-10(14)11(18-12)8-17-13(15)9-5-3-2-4-6-9/h2-6,10-12H,7-8,14H2,1H3/t10-,11+,12+/m0/s1. The Hall–Kier alpha value is -1.43. The van der Waals surface area contributed by atoms with Gasteiger partial charge in [-0.25, -0.2) is 4.79 Å². The molecule has 1 fully saturated rings. The van der Waals surface area contributed by atoms with Gasteiger partial charge >= 0.3 is 5.97 Å². The lowest BCUT2D eigenvalue weighted by molar-refractivity contribution is -0.124. The van der Waals surface area contributed by atoms with E-state index in [1.165, 1.54) is 0 Å². The highest BCUT2D eigenvalue weighted by molar-refractivity contribution is 5.89. The molecule has 18 heavy (non-hydrogen) atoms. The Labute approximate surface area is 106 Å².